The number of aryl methyl sites for hydroxylation is 1. The fraction of sp³-hybridized carbons (Fsp3) is 0.368. The predicted octanol–water partition coefficient (Wildman–Crippen LogP) is 3.50. The maximum atomic E-state index is 14.4. The Morgan fingerprint density at radius 3 is 2.65 bits per heavy atom. The highest BCUT2D eigenvalue weighted by Gasteiger charge is 2.19. The zero-order chi connectivity index (χ0) is 19.4. The standard InChI is InChI=1S/C19H20F2N4O/c1-5-11(2)10-25-18(15-7-6-14(20)8-16(15)21)12(3)23-17(9-22)19(25)24-13(4)26/h6-8,11H,5,10H2,1-4H3/b24-19-. The van der Waals surface area contributed by atoms with Gasteiger partial charge in [-0.3, -0.25) is 4.79 Å². The molecule has 0 radical (unpaired) electrons. The van der Waals surface area contributed by atoms with Gasteiger partial charge in [-0.1, -0.05) is 20.3 Å². The van der Waals surface area contributed by atoms with Crippen molar-refractivity contribution in [2.24, 2.45) is 10.9 Å². The van der Waals surface area contributed by atoms with Gasteiger partial charge >= 0.3 is 0 Å². The van der Waals surface area contributed by atoms with Crippen LogP contribution in [-0.4, -0.2) is 15.5 Å². The second-order valence-corrected chi connectivity index (χ2v) is 6.21. The second-order valence-electron chi connectivity index (χ2n) is 6.21. The van der Waals surface area contributed by atoms with E-state index in [1.807, 2.05) is 19.9 Å². The molecule has 0 saturated carbocycles. The van der Waals surface area contributed by atoms with Crippen LogP contribution >= 0.6 is 0 Å². The maximum absolute atomic E-state index is 14.4. The van der Waals surface area contributed by atoms with Crippen molar-refractivity contribution in [3.63, 3.8) is 0 Å². The molecule has 1 unspecified atom stereocenters. The molecule has 5 nitrogen and oxygen atoms in total. The average molecular weight is 358 g/mol. The lowest BCUT2D eigenvalue weighted by molar-refractivity contribution is -0.116. The van der Waals surface area contributed by atoms with Crippen molar-refractivity contribution < 1.29 is 13.6 Å². The van der Waals surface area contributed by atoms with E-state index in [2.05, 4.69) is 9.98 Å². The second kappa shape index (κ2) is 8.00. The summed E-state index contributed by atoms with van der Waals surface area (Å²) in [5.41, 5.74) is 1.00. The number of carbonyl (C=O) groups is 1. The number of hydrogen-bond acceptors (Lipinski definition) is 3. The van der Waals surface area contributed by atoms with Crippen LogP contribution in [0.5, 0.6) is 0 Å². The van der Waals surface area contributed by atoms with E-state index in [1.165, 1.54) is 13.0 Å². The number of carbonyl (C=O) groups excluding carboxylic acids is 1. The van der Waals surface area contributed by atoms with E-state index < -0.39 is 17.5 Å². The Balaban J connectivity index is 2.94. The van der Waals surface area contributed by atoms with Gasteiger partial charge in [-0.2, -0.15) is 10.3 Å². The van der Waals surface area contributed by atoms with E-state index in [0.29, 0.717) is 17.9 Å². The summed E-state index contributed by atoms with van der Waals surface area (Å²) in [6.45, 7) is 7.32. The Hall–Kier alpha value is -2.88. The molecule has 2 aromatic rings. The van der Waals surface area contributed by atoms with E-state index in [-0.39, 0.29) is 22.7 Å². The van der Waals surface area contributed by atoms with Crippen LogP contribution in [0.2, 0.25) is 0 Å². The molecule has 1 aromatic carbocycles. The Morgan fingerprint density at radius 2 is 2.12 bits per heavy atom. The Morgan fingerprint density at radius 1 is 1.42 bits per heavy atom. The molecule has 1 aromatic heterocycles. The van der Waals surface area contributed by atoms with Crippen LogP contribution in [0.25, 0.3) is 11.3 Å². The molecule has 1 heterocycles. The Labute approximate surface area is 150 Å². The molecule has 0 N–H and O–H groups in total. The van der Waals surface area contributed by atoms with E-state index in [4.69, 9.17) is 0 Å². The average Bonchev–Trinajstić information content (AvgIpc) is 2.57. The number of halogens is 2. The molecule has 26 heavy (non-hydrogen) atoms. The zero-order valence-electron chi connectivity index (χ0n) is 15.2. The molecule has 1 amide bonds. The van der Waals surface area contributed by atoms with Gasteiger partial charge in [0.1, 0.15) is 17.7 Å². The zero-order valence-corrected chi connectivity index (χ0v) is 15.2. The maximum Gasteiger partial charge on any atom is 0.244 e. The van der Waals surface area contributed by atoms with Gasteiger partial charge in [0.2, 0.25) is 5.91 Å². The summed E-state index contributed by atoms with van der Waals surface area (Å²) in [5.74, 6) is -1.74. The molecule has 0 fully saturated rings. The van der Waals surface area contributed by atoms with Crippen molar-refractivity contribution in [3.8, 4) is 17.3 Å². The van der Waals surface area contributed by atoms with Crippen molar-refractivity contribution in [1.82, 2.24) is 9.55 Å². The summed E-state index contributed by atoms with van der Waals surface area (Å²) in [6, 6.07) is 5.22. The highest BCUT2D eigenvalue weighted by Crippen LogP contribution is 2.26. The molecule has 7 heteroatoms. The van der Waals surface area contributed by atoms with Gasteiger partial charge in [-0.15, -0.1) is 0 Å². The van der Waals surface area contributed by atoms with Crippen molar-refractivity contribution in [2.45, 2.75) is 40.7 Å². The van der Waals surface area contributed by atoms with Gasteiger partial charge < -0.3 is 4.57 Å². The highest BCUT2D eigenvalue weighted by molar-refractivity contribution is 5.74. The van der Waals surface area contributed by atoms with Gasteiger partial charge in [0.05, 0.1) is 11.4 Å². The van der Waals surface area contributed by atoms with Crippen LogP contribution < -0.4 is 5.49 Å². The van der Waals surface area contributed by atoms with Gasteiger partial charge in [-0.05, 0) is 25.0 Å². The Kier molecular flexibility index (Phi) is 5.98. The number of nitrogens with zero attached hydrogens (tertiary/aromatic N) is 4. The minimum Gasteiger partial charge on any atom is -0.321 e. The van der Waals surface area contributed by atoms with Crippen LogP contribution in [-0.2, 0) is 11.3 Å². The molecule has 136 valence electrons. The SMILES string of the molecule is CCC(C)Cn1c(-c2ccc(F)cc2F)c(C)nc(C#N)/c1=N/C(C)=O. The molecule has 1 atom stereocenters. The topological polar surface area (TPSA) is 71.0 Å². The molecule has 0 aliphatic heterocycles. The molecule has 0 saturated heterocycles. The molecule has 0 aliphatic rings. The van der Waals surface area contributed by atoms with Crippen molar-refractivity contribution >= 4 is 5.91 Å². The van der Waals surface area contributed by atoms with Gasteiger partial charge in [0, 0.05) is 25.1 Å². The predicted molar refractivity (Wildman–Crippen MR) is 92.7 cm³/mol. The number of aromatic nitrogens is 2. The third-order valence-corrected chi connectivity index (χ3v) is 4.11. The van der Waals surface area contributed by atoms with Crippen molar-refractivity contribution in [3.05, 3.63) is 46.7 Å². The van der Waals surface area contributed by atoms with Crippen LogP contribution in [0.4, 0.5) is 8.78 Å². The van der Waals surface area contributed by atoms with Crippen LogP contribution in [0, 0.1) is 35.8 Å². The molecule has 0 aliphatic carbocycles. The van der Waals surface area contributed by atoms with Gasteiger partial charge in [0.25, 0.3) is 0 Å². The monoisotopic (exact) mass is 358 g/mol. The smallest absolute Gasteiger partial charge is 0.244 e. The van der Waals surface area contributed by atoms with Gasteiger partial charge in [-0.25, -0.2) is 13.8 Å². The normalized spacial score (nSPS) is 12.7. The van der Waals surface area contributed by atoms with E-state index >= 15 is 0 Å². The summed E-state index contributed by atoms with van der Waals surface area (Å²) < 4.78 is 29.4. The molecule has 2 rings (SSSR count). The summed E-state index contributed by atoms with van der Waals surface area (Å²) in [6.07, 6.45) is 0.834. The molecular weight excluding hydrogens is 338 g/mol. The lowest BCUT2D eigenvalue weighted by atomic mass is 10.1. The number of nitriles is 1. The third-order valence-electron chi connectivity index (χ3n) is 4.11. The third kappa shape index (κ3) is 4.02. The molecule has 0 bridgehead atoms. The number of rotatable bonds is 4. The number of hydrogen-bond donors (Lipinski definition) is 0. The van der Waals surface area contributed by atoms with Crippen LogP contribution in [0.3, 0.4) is 0 Å². The minimum atomic E-state index is -0.744. The summed E-state index contributed by atoms with van der Waals surface area (Å²) >= 11 is 0. The first kappa shape index (κ1) is 19.4. The first-order valence-electron chi connectivity index (χ1n) is 8.30. The van der Waals surface area contributed by atoms with E-state index in [9.17, 15) is 18.8 Å². The van der Waals surface area contributed by atoms with E-state index in [1.54, 1.807) is 11.5 Å². The lowest BCUT2D eigenvalue weighted by Crippen LogP contribution is -2.31. The first-order valence-corrected chi connectivity index (χ1v) is 8.30. The van der Waals surface area contributed by atoms with Crippen LogP contribution in [0.1, 0.15) is 38.6 Å². The van der Waals surface area contributed by atoms with Crippen molar-refractivity contribution in [1.29, 1.82) is 5.26 Å². The van der Waals surface area contributed by atoms with Gasteiger partial charge in [0.15, 0.2) is 11.2 Å². The number of benzene rings is 1. The minimum absolute atomic E-state index is 0.00715. The fourth-order valence-corrected chi connectivity index (χ4v) is 2.68. The fourth-order valence-electron chi connectivity index (χ4n) is 2.68. The quantitative estimate of drug-likeness (QED) is 0.840. The summed E-state index contributed by atoms with van der Waals surface area (Å²) in [4.78, 5) is 19.7. The largest absolute Gasteiger partial charge is 0.321 e. The highest BCUT2D eigenvalue weighted by atomic mass is 19.1. The first-order chi connectivity index (χ1) is 12.3. The Bertz CT molecular complexity index is 957. The van der Waals surface area contributed by atoms with Crippen LogP contribution in [0.15, 0.2) is 23.2 Å². The molecular formula is C19H20F2N4O. The van der Waals surface area contributed by atoms with Crippen molar-refractivity contribution in [2.75, 3.05) is 0 Å². The summed E-state index contributed by atoms with van der Waals surface area (Å²) in [7, 11) is 0. The molecule has 0 spiro atoms. The number of amides is 1. The summed E-state index contributed by atoms with van der Waals surface area (Å²) in [5, 5.41) is 9.40. The lowest BCUT2D eigenvalue weighted by Gasteiger charge is -2.20. The van der Waals surface area contributed by atoms with E-state index in [0.717, 1.165) is 18.6 Å².